The molecule has 1 heterocycles. The molecule has 1 fully saturated rings. The largest absolute Gasteiger partial charge is 0.493 e. The average Bonchev–Trinajstić information content (AvgIpc) is 2.53. The number of methoxy groups -OCH3 is 1. The molecule has 0 atom stereocenters. The molecule has 1 aliphatic rings. The van der Waals surface area contributed by atoms with Crippen LogP contribution in [0.3, 0.4) is 0 Å². The zero-order valence-corrected chi connectivity index (χ0v) is 14.1. The number of halogens is 2. The van der Waals surface area contributed by atoms with E-state index in [1.54, 1.807) is 0 Å². The van der Waals surface area contributed by atoms with Crippen molar-refractivity contribution in [3.05, 3.63) is 23.8 Å². The Hall–Kier alpha value is -1.94. The van der Waals surface area contributed by atoms with E-state index in [-0.39, 0.29) is 49.1 Å². The van der Waals surface area contributed by atoms with Gasteiger partial charge in [0.1, 0.15) is 0 Å². The van der Waals surface area contributed by atoms with Gasteiger partial charge in [0.05, 0.1) is 13.4 Å². The molecule has 24 heavy (non-hydrogen) atoms. The molecule has 0 radical (unpaired) electrons. The SMILES string of the molecule is COc1ccc(C(=O)N2CCN(S(C)(=O)=O)CC2)cc1OC(F)F. The van der Waals surface area contributed by atoms with Gasteiger partial charge in [-0.15, -0.1) is 0 Å². The van der Waals surface area contributed by atoms with Gasteiger partial charge in [-0.2, -0.15) is 13.1 Å². The molecule has 7 nitrogen and oxygen atoms in total. The van der Waals surface area contributed by atoms with Gasteiger partial charge in [0.2, 0.25) is 10.0 Å². The lowest BCUT2D eigenvalue weighted by molar-refractivity contribution is -0.0512. The number of benzene rings is 1. The van der Waals surface area contributed by atoms with Gasteiger partial charge < -0.3 is 14.4 Å². The zero-order chi connectivity index (χ0) is 17.9. The molecule has 1 aliphatic heterocycles. The minimum Gasteiger partial charge on any atom is -0.493 e. The number of ether oxygens (including phenoxy) is 2. The zero-order valence-electron chi connectivity index (χ0n) is 13.2. The van der Waals surface area contributed by atoms with Crippen LogP contribution in [0.4, 0.5) is 8.78 Å². The molecule has 2 rings (SSSR count). The molecular weight excluding hydrogens is 346 g/mol. The molecule has 134 valence electrons. The molecule has 0 saturated carbocycles. The predicted molar refractivity (Wildman–Crippen MR) is 81.9 cm³/mol. The number of alkyl halides is 2. The summed E-state index contributed by atoms with van der Waals surface area (Å²) in [6.45, 7) is -2.20. The Labute approximate surface area is 138 Å². The van der Waals surface area contributed by atoms with Gasteiger partial charge in [-0.1, -0.05) is 0 Å². The summed E-state index contributed by atoms with van der Waals surface area (Å²) in [5.74, 6) is -0.521. The van der Waals surface area contributed by atoms with E-state index in [9.17, 15) is 22.0 Å². The number of nitrogens with zero attached hydrogens (tertiary/aromatic N) is 2. The fourth-order valence-corrected chi connectivity index (χ4v) is 3.23. The van der Waals surface area contributed by atoms with Crippen molar-refractivity contribution in [2.24, 2.45) is 0 Å². The Kier molecular flexibility index (Phi) is 5.60. The Morgan fingerprint density at radius 2 is 1.79 bits per heavy atom. The monoisotopic (exact) mass is 364 g/mol. The number of carbonyl (C=O) groups is 1. The second kappa shape index (κ2) is 7.31. The van der Waals surface area contributed by atoms with Crippen LogP contribution in [0, 0.1) is 0 Å². The first kappa shape index (κ1) is 18.4. The van der Waals surface area contributed by atoms with Crippen molar-refractivity contribution in [2.45, 2.75) is 6.61 Å². The fraction of sp³-hybridized carbons (Fsp3) is 0.500. The molecule has 1 aromatic rings. The van der Waals surface area contributed by atoms with Gasteiger partial charge in [-0.3, -0.25) is 4.79 Å². The number of piperazine rings is 1. The second-order valence-corrected chi connectivity index (χ2v) is 7.18. The maximum Gasteiger partial charge on any atom is 0.387 e. The summed E-state index contributed by atoms with van der Waals surface area (Å²) < 4.78 is 58.4. The molecular formula is C14H18F2N2O5S. The molecule has 1 aromatic carbocycles. The van der Waals surface area contributed by atoms with Crippen LogP contribution >= 0.6 is 0 Å². The van der Waals surface area contributed by atoms with Crippen LogP contribution in [0.25, 0.3) is 0 Å². The van der Waals surface area contributed by atoms with Crippen molar-refractivity contribution in [2.75, 3.05) is 39.5 Å². The van der Waals surface area contributed by atoms with E-state index in [2.05, 4.69) is 4.74 Å². The standard InChI is InChI=1S/C14H18F2N2O5S/c1-22-11-4-3-10(9-12(11)23-14(15)16)13(19)17-5-7-18(8-6-17)24(2,20)21/h3-4,9,14H,5-8H2,1-2H3. The molecule has 1 saturated heterocycles. The van der Waals surface area contributed by atoms with Crippen molar-refractivity contribution in [1.29, 1.82) is 0 Å². The molecule has 10 heteroatoms. The Morgan fingerprint density at radius 3 is 2.29 bits per heavy atom. The summed E-state index contributed by atoms with van der Waals surface area (Å²) in [4.78, 5) is 13.9. The minimum atomic E-state index is -3.29. The predicted octanol–water partition coefficient (Wildman–Crippen LogP) is 1.01. The van der Waals surface area contributed by atoms with E-state index >= 15 is 0 Å². The molecule has 0 N–H and O–H groups in total. The van der Waals surface area contributed by atoms with Gasteiger partial charge in [0.15, 0.2) is 11.5 Å². The highest BCUT2D eigenvalue weighted by atomic mass is 32.2. The third kappa shape index (κ3) is 4.32. The second-order valence-electron chi connectivity index (χ2n) is 5.20. The third-order valence-electron chi connectivity index (χ3n) is 3.62. The molecule has 0 aromatic heterocycles. The Bertz CT molecular complexity index is 703. The van der Waals surface area contributed by atoms with Gasteiger partial charge in [0.25, 0.3) is 5.91 Å². The van der Waals surface area contributed by atoms with E-state index in [0.717, 1.165) is 6.26 Å². The summed E-state index contributed by atoms with van der Waals surface area (Å²) in [6, 6.07) is 4.01. The van der Waals surface area contributed by atoms with Crippen LogP contribution in [0.1, 0.15) is 10.4 Å². The van der Waals surface area contributed by atoms with Crippen LogP contribution in [0.2, 0.25) is 0 Å². The highest BCUT2D eigenvalue weighted by Crippen LogP contribution is 2.30. The van der Waals surface area contributed by atoms with Crippen molar-refractivity contribution >= 4 is 15.9 Å². The van der Waals surface area contributed by atoms with E-state index in [1.807, 2.05) is 0 Å². The quantitative estimate of drug-likeness (QED) is 0.780. The van der Waals surface area contributed by atoms with Crippen molar-refractivity contribution in [3.63, 3.8) is 0 Å². The fourth-order valence-electron chi connectivity index (χ4n) is 2.40. The number of amides is 1. The van der Waals surface area contributed by atoms with Gasteiger partial charge in [0, 0.05) is 31.7 Å². The smallest absolute Gasteiger partial charge is 0.387 e. The number of sulfonamides is 1. The Morgan fingerprint density at radius 1 is 1.17 bits per heavy atom. The lowest BCUT2D eigenvalue weighted by Crippen LogP contribution is -2.50. The lowest BCUT2D eigenvalue weighted by atomic mass is 10.1. The van der Waals surface area contributed by atoms with Gasteiger partial charge in [-0.25, -0.2) is 8.42 Å². The Balaban J connectivity index is 2.13. The van der Waals surface area contributed by atoms with E-state index in [0.29, 0.717) is 0 Å². The average molecular weight is 364 g/mol. The summed E-state index contributed by atoms with van der Waals surface area (Å²) in [5.41, 5.74) is 0.166. The summed E-state index contributed by atoms with van der Waals surface area (Å²) in [7, 11) is -1.99. The number of carbonyl (C=O) groups excluding carboxylic acids is 1. The first-order chi connectivity index (χ1) is 11.2. The van der Waals surface area contributed by atoms with Gasteiger partial charge in [-0.05, 0) is 18.2 Å². The van der Waals surface area contributed by atoms with Crippen LogP contribution in [0.15, 0.2) is 18.2 Å². The third-order valence-corrected chi connectivity index (χ3v) is 4.92. The molecule has 0 bridgehead atoms. The van der Waals surface area contributed by atoms with Crippen LogP contribution in [0.5, 0.6) is 11.5 Å². The number of hydrogen-bond donors (Lipinski definition) is 0. The maximum atomic E-state index is 12.5. The summed E-state index contributed by atoms with van der Waals surface area (Å²) >= 11 is 0. The van der Waals surface area contributed by atoms with Crippen LogP contribution in [-0.2, 0) is 10.0 Å². The first-order valence-corrected chi connectivity index (χ1v) is 8.94. The maximum absolute atomic E-state index is 12.5. The number of hydrogen-bond acceptors (Lipinski definition) is 5. The lowest BCUT2D eigenvalue weighted by Gasteiger charge is -2.33. The topological polar surface area (TPSA) is 76.2 Å². The van der Waals surface area contributed by atoms with Crippen molar-refractivity contribution in [3.8, 4) is 11.5 Å². The summed E-state index contributed by atoms with van der Waals surface area (Å²) in [5, 5.41) is 0. The minimum absolute atomic E-state index is 0.0914. The van der Waals surface area contributed by atoms with Gasteiger partial charge >= 0.3 is 6.61 Å². The molecule has 0 unspecified atom stereocenters. The van der Waals surface area contributed by atoms with Crippen LogP contribution in [-0.4, -0.2) is 69.7 Å². The normalized spacial score (nSPS) is 16.3. The van der Waals surface area contributed by atoms with E-state index in [1.165, 1.54) is 34.5 Å². The van der Waals surface area contributed by atoms with E-state index in [4.69, 9.17) is 4.74 Å². The number of rotatable bonds is 5. The van der Waals surface area contributed by atoms with E-state index < -0.39 is 16.6 Å². The highest BCUT2D eigenvalue weighted by Gasteiger charge is 2.27. The van der Waals surface area contributed by atoms with Crippen molar-refractivity contribution in [1.82, 2.24) is 9.21 Å². The molecule has 0 spiro atoms. The molecule has 0 aliphatic carbocycles. The molecule has 1 amide bonds. The summed E-state index contributed by atoms with van der Waals surface area (Å²) in [6.07, 6.45) is 1.11. The van der Waals surface area contributed by atoms with Crippen molar-refractivity contribution < 1.29 is 31.5 Å². The highest BCUT2D eigenvalue weighted by molar-refractivity contribution is 7.88. The van der Waals surface area contributed by atoms with Crippen LogP contribution < -0.4 is 9.47 Å². The first-order valence-electron chi connectivity index (χ1n) is 7.09.